The zero-order chi connectivity index (χ0) is 11.4. The summed E-state index contributed by atoms with van der Waals surface area (Å²) >= 11 is 0. The highest BCUT2D eigenvalue weighted by Crippen LogP contribution is 2.27. The third-order valence-electron chi connectivity index (χ3n) is 2.57. The first kappa shape index (κ1) is 10.6. The number of hydrogen-bond donors (Lipinski definition) is 2. The Morgan fingerprint density at radius 2 is 1.56 bits per heavy atom. The Morgan fingerprint density at radius 3 is 2.25 bits per heavy atom. The summed E-state index contributed by atoms with van der Waals surface area (Å²) in [7, 11) is 0. The lowest BCUT2D eigenvalue weighted by Gasteiger charge is -2.11. The molecule has 0 heterocycles. The number of phenols is 1. The number of rotatable bonds is 3. The molecule has 0 aromatic heterocycles. The van der Waals surface area contributed by atoms with Crippen molar-refractivity contribution in [2.75, 3.05) is 5.32 Å². The SMILES string of the molecule is CCc1ccccc1Nc1ccccc1O. The first-order valence-electron chi connectivity index (χ1n) is 5.44. The number of nitrogens with one attached hydrogen (secondary N) is 1. The van der Waals surface area contributed by atoms with Crippen molar-refractivity contribution < 1.29 is 5.11 Å². The maximum absolute atomic E-state index is 9.67. The van der Waals surface area contributed by atoms with E-state index in [1.54, 1.807) is 6.07 Å². The summed E-state index contributed by atoms with van der Waals surface area (Å²) in [6.45, 7) is 2.12. The summed E-state index contributed by atoms with van der Waals surface area (Å²) in [5, 5.41) is 12.9. The lowest BCUT2D eigenvalue weighted by Crippen LogP contribution is -1.94. The number of benzene rings is 2. The fraction of sp³-hybridized carbons (Fsp3) is 0.143. The van der Waals surface area contributed by atoms with Gasteiger partial charge in [0.05, 0.1) is 5.69 Å². The monoisotopic (exact) mass is 213 g/mol. The van der Waals surface area contributed by atoms with Gasteiger partial charge < -0.3 is 10.4 Å². The number of aryl methyl sites for hydroxylation is 1. The maximum atomic E-state index is 9.67. The Hall–Kier alpha value is -1.96. The molecule has 0 amide bonds. The Morgan fingerprint density at radius 1 is 0.938 bits per heavy atom. The molecule has 0 fully saturated rings. The predicted octanol–water partition coefficient (Wildman–Crippen LogP) is 3.70. The maximum Gasteiger partial charge on any atom is 0.139 e. The summed E-state index contributed by atoms with van der Waals surface area (Å²) in [6, 6.07) is 15.4. The Bertz CT molecular complexity index is 480. The standard InChI is InChI=1S/C14H15NO/c1-2-11-7-3-4-8-12(11)15-13-9-5-6-10-14(13)16/h3-10,15-16H,2H2,1H3. The van der Waals surface area contributed by atoms with Crippen molar-refractivity contribution in [3.63, 3.8) is 0 Å². The molecule has 2 heteroatoms. The molecule has 0 saturated heterocycles. The highest BCUT2D eigenvalue weighted by Gasteiger charge is 2.02. The molecule has 2 nitrogen and oxygen atoms in total. The molecule has 2 aromatic carbocycles. The topological polar surface area (TPSA) is 32.3 Å². The van der Waals surface area contributed by atoms with Gasteiger partial charge in [0.15, 0.2) is 0 Å². The lowest BCUT2D eigenvalue weighted by atomic mass is 10.1. The van der Waals surface area contributed by atoms with Crippen LogP contribution in [0.4, 0.5) is 11.4 Å². The number of phenolic OH excluding ortho intramolecular Hbond substituents is 1. The number of aromatic hydroxyl groups is 1. The number of hydrogen-bond acceptors (Lipinski definition) is 2. The van der Waals surface area contributed by atoms with E-state index in [1.807, 2.05) is 36.4 Å². The van der Waals surface area contributed by atoms with Gasteiger partial charge in [-0.25, -0.2) is 0 Å². The average molecular weight is 213 g/mol. The van der Waals surface area contributed by atoms with Gasteiger partial charge in [0, 0.05) is 5.69 Å². The largest absolute Gasteiger partial charge is 0.506 e. The average Bonchev–Trinajstić information content (AvgIpc) is 2.33. The van der Waals surface area contributed by atoms with Gasteiger partial charge >= 0.3 is 0 Å². The predicted molar refractivity (Wildman–Crippen MR) is 67.2 cm³/mol. The molecule has 0 unspecified atom stereocenters. The minimum absolute atomic E-state index is 0.272. The molecule has 0 bridgehead atoms. The Kier molecular flexibility index (Phi) is 3.10. The van der Waals surface area contributed by atoms with E-state index in [9.17, 15) is 5.11 Å². The fourth-order valence-corrected chi connectivity index (χ4v) is 1.67. The fourth-order valence-electron chi connectivity index (χ4n) is 1.67. The van der Waals surface area contributed by atoms with Gasteiger partial charge in [0.2, 0.25) is 0 Å². The van der Waals surface area contributed by atoms with Crippen LogP contribution in [0.5, 0.6) is 5.75 Å². The minimum Gasteiger partial charge on any atom is -0.506 e. The Labute approximate surface area is 95.6 Å². The molecule has 0 radical (unpaired) electrons. The second kappa shape index (κ2) is 4.71. The summed E-state index contributed by atoms with van der Waals surface area (Å²) in [6.07, 6.45) is 0.969. The second-order valence-corrected chi connectivity index (χ2v) is 3.65. The summed E-state index contributed by atoms with van der Waals surface area (Å²) < 4.78 is 0. The third-order valence-corrected chi connectivity index (χ3v) is 2.57. The summed E-state index contributed by atoms with van der Waals surface area (Å²) in [4.78, 5) is 0. The van der Waals surface area contributed by atoms with Gasteiger partial charge in [0.1, 0.15) is 5.75 Å². The first-order valence-corrected chi connectivity index (χ1v) is 5.44. The van der Waals surface area contributed by atoms with Crippen molar-refractivity contribution in [1.29, 1.82) is 0 Å². The first-order chi connectivity index (χ1) is 7.81. The van der Waals surface area contributed by atoms with Crippen molar-refractivity contribution in [1.82, 2.24) is 0 Å². The smallest absolute Gasteiger partial charge is 0.139 e. The van der Waals surface area contributed by atoms with Crippen molar-refractivity contribution in [2.45, 2.75) is 13.3 Å². The van der Waals surface area contributed by atoms with Crippen LogP contribution in [0.1, 0.15) is 12.5 Å². The van der Waals surface area contributed by atoms with E-state index in [2.05, 4.69) is 18.3 Å². The van der Waals surface area contributed by atoms with Crippen molar-refractivity contribution >= 4 is 11.4 Å². The van der Waals surface area contributed by atoms with Crippen molar-refractivity contribution in [3.05, 3.63) is 54.1 Å². The Balaban J connectivity index is 2.30. The molecular formula is C14H15NO. The highest BCUT2D eigenvalue weighted by atomic mass is 16.3. The molecule has 0 saturated carbocycles. The van der Waals surface area contributed by atoms with E-state index >= 15 is 0 Å². The second-order valence-electron chi connectivity index (χ2n) is 3.65. The van der Waals surface area contributed by atoms with E-state index in [1.165, 1.54) is 5.56 Å². The van der Waals surface area contributed by atoms with E-state index in [-0.39, 0.29) is 5.75 Å². The third kappa shape index (κ3) is 2.16. The quantitative estimate of drug-likeness (QED) is 0.762. The molecule has 2 aromatic rings. The molecule has 82 valence electrons. The van der Waals surface area contributed by atoms with Gasteiger partial charge in [-0.05, 0) is 30.2 Å². The van der Waals surface area contributed by atoms with Gasteiger partial charge in [-0.15, -0.1) is 0 Å². The normalized spacial score (nSPS) is 10.1. The molecule has 0 aliphatic carbocycles. The minimum atomic E-state index is 0.272. The van der Waals surface area contributed by atoms with Crippen molar-refractivity contribution in [3.8, 4) is 5.75 Å². The van der Waals surface area contributed by atoms with Crippen LogP contribution in [0.2, 0.25) is 0 Å². The molecule has 0 atom stereocenters. The summed E-state index contributed by atoms with van der Waals surface area (Å²) in [5.41, 5.74) is 3.03. The summed E-state index contributed by atoms with van der Waals surface area (Å²) in [5.74, 6) is 0.272. The molecule has 0 aliphatic heterocycles. The molecule has 16 heavy (non-hydrogen) atoms. The van der Waals surface area contributed by atoms with Crippen LogP contribution in [0.25, 0.3) is 0 Å². The van der Waals surface area contributed by atoms with E-state index in [4.69, 9.17) is 0 Å². The molecule has 2 N–H and O–H groups in total. The van der Waals surface area contributed by atoms with Crippen LogP contribution in [0.15, 0.2) is 48.5 Å². The van der Waals surface area contributed by atoms with E-state index < -0.39 is 0 Å². The van der Waals surface area contributed by atoms with E-state index in [0.29, 0.717) is 0 Å². The number of anilines is 2. The van der Waals surface area contributed by atoms with Crippen LogP contribution in [-0.4, -0.2) is 5.11 Å². The number of para-hydroxylation sites is 3. The van der Waals surface area contributed by atoms with E-state index in [0.717, 1.165) is 17.8 Å². The molecule has 2 rings (SSSR count). The lowest BCUT2D eigenvalue weighted by molar-refractivity contribution is 0.478. The molecular weight excluding hydrogens is 198 g/mol. The van der Waals surface area contributed by atoms with Gasteiger partial charge in [-0.3, -0.25) is 0 Å². The van der Waals surface area contributed by atoms with Crippen LogP contribution in [0, 0.1) is 0 Å². The molecule has 0 aliphatic rings. The van der Waals surface area contributed by atoms with Crippen LogP contribution in [0.3, 0.4) is 0 Å². The van der Waals surface area contributed by atoms with Crippen LogP contribution in [-0.2, 0) is 6.42 Å². The van der Waals surface area contributed by atoms with Gasteiger partial charge in [-0.2, -0.15) is 0 Å². The van der Waals surface area contributed by atoms with Crippen LogP contribution >= 0.6 is 0 Å². The highest BCUT2D eigenvalue weighted by molar-refractivity contribution is 5.67. The zero-order valence-electron chi connectivity index (χ0n) is 9.27. The van der Waals surface area contributed by atoms with Crippen LogP contribution < -0.4 is 5.32 Å². The van der Waals surface area contributed by atoms with Gasteiger partial charge in [-0.1, -0.05) is 37.3 Å². The van der Waals surface area contributed by atoms with Crippen molar-refractivity contribution in [2.24, 2.45) is 0 Å². The zero-order valence-corrected chi connectivity index (χ0v) is 9.27. The van der Waals surface area contributed by atoms with Gasteiger partial charge in [0.25, 0.3) is 0 Å². The molecule has 0 spiro atoms.